The van der Waals surface area contributed by atoms with E-state index in [1.165, 1.54) is 4.90 Å². The molecule has 0 unspecified atom stereocenters. The van der Waals surface area contributed by atoms with Crippen molar-refractivity contribution in [1.29, 1.82) is 0 Å². The van der Waals surface area contributed by atoms with Crippen LogP contribution in [-0.2, 0) is 4.79 Å². The van der Waals surface area contributed by atoms with Crippen LogP contribution in [0.25, 0.3) is 0 Å². The number of rotatable bonds is 3. The van der Waals surface area contributed by atoms with Gasteiger partial charge in [-0.3, -0.25) is 4.79 Å². The second-order valence-electron chi connectivity index (χ2n) is 3.97. The van der Waals surface area contributed by atoms with Crippen LogP contribution in [0.15, 0.2) is 24.3 Å². The summed E-state index contributed by atoms with van der Waals surface area (Å²) in [6, 6.07) is 7.87. The average molecular weight is 251 g/mol. The Labute approximate surface area is 107 Å². The third-order valence-corrected chi connectivity index (χ3v) is 2.42. The van der Waals surface area contributed by atoms with Crippen molar-refractivity contribution in [3.05, 3.63) is 29.8 Å². The summed E-state index contributed by atoms with van der Waals surface area (Å²) in [6.07, 6.45) is 0. The summed E-state index contributed by atoms with van der Waals surface area (Å²) in [5, 5.41) is 6.34. The average Bonchev–Trinajstić information content (AvgIpc) is 2.25. The third kappa shape index (κ3) is 4.82. The number of amides is 1. The minimum absolute atomic E-state index is 0.0154. The molecule has 0 radical (unpaired) electrons. The predicted molar refractivity (Wildman–Crippen MR) is 74.1 cm³/mol. The highest BCUT2D eigenvalue weighted by molar-refractivity contribution is 7.80. The van der Waals surface area contributed by atoms with Crippen LogP contribution in [0, 0.1) is 6.92 Å². The topological polar surface area (TPSA) is 44.4 Å². The summed E-state index contributed by atoms with van der Waals surface area (Å²) >= 11 is 5.09. The van der Waals surface area contributed by atoms with Gasteiger partial charge in [0.05, 0.1) is 6.54 Å². The van der Waals surface area contributed by atoms with Gasteiger partial charge >= 0.3 is 0 Å². The molecule has 0 heterocycles. The molecular formula is C12H17N3OS. The van der Waals surface area contributed by atoms with E-state index in [1.54, 1.807) is 14.1 Å². The fourth-order valence-electron chi connectivity index (χ4n) is 1.21. The lowest BCUT2D eigenvalue weighted by Crippen LogP contribution is -2.38. The number of aryl methyl sites for hydroxylation is 1. The highest BCUT2D eigenvalue weighted by Gasteiger charge is 2.04. The molecule has 0 fully saturated rings. The van der Waals surface area contributed by atoms with Gasteiger partial charge in [-0.15, -0.1) is 0 Å². The summed E-state index contributed by atoms with van der Waals surface area (Å²) < 4.78 is 0. The summed E-state index contributed by atoms with van der Waals surface area (Å²) in [6.45, 7) is 2.21. The Morgan fingerprint density at radius 1 is 1.41 bits per heavy atom. The molecule has 0 aromatic heterocycles. The van der Waals surface area contributed by atoms with Gasteiger partial charge in [-0.2, -0.15) is 0 Å². The van der Waals surface area contributed by atoms with Gasteiger partial charge in [0.1, 0.15) is 0 Å². The van der Waals surface area contributed by atoms with Crippen LogP contribution in [0.3, 0.4) is 0 Å². The zero-order valence-electron chi connectivity index (χ0n) is 10.3. The number of thiocarbonyl (C=S) groups is 1. The first kappa shape index (κ1) is 13.4. The van der Waals surface area contributed by atoms with Crippen LogP contribution in [-0.4, -0.2) is 36.6 Å². The van der Waals surface area contributed by atoms with Crippen molar-refractivity contribution >= 4 is 28.9 Å². The molecule has 0 aliphatic rings. The number of hydrogen-bond acceptors (Lipinski definition) is 2. The molecule has 1 amide bonds. The molecule has 1 aromatic carbocycles. The molecule has 4 nitrogen and oxygen atoms in total. The van der Waals surface area contributed by atoms with Crippen molar-refractivity contribution in [2.75, 3.05) is 26.0 Å². The standard InChI is InChI=1S/C12H17N3OS/c1-9-5-4-6-10(7-9)14-12(17)13-8-11(16)15(2)3/h4-7H,8H2,1-3H3,(H2,13,14,17). The maximum absolute atomic E-state index is 11.3. The summed E-state index contributed by atoms with van der Waals surface area (Å²) in [5.74, 6) is -0.0154. The third-order valence-electron chi connectivity index (χ3n) is 2.17. The largest absolute Gasteiger partial charge is 0.353 e. The molecule has 0 saturated carbocycles. The van der Waals surface area contributed by atoms with Crippen LogP contribution >= 0.6 is 12.2 Å². The first-order chi connectivity index (χ1) is 7.99. The maximum Gasteiger partial charge on any atom is 0.241 e. The number of nitrogens with zero attached hydrogens (tertiary/aromatic N) is 1. The number of likely N-dealkylation sites (N-methyl/N-ethyl adjacent to an activating group) is 1. The predicted octanol–water partition coefficient (Wildman–Crippen LogP) is 1.37. The Kier molecular flexibility index (Phi) is 4.90. The van der Waals surface area contributed by atoms with Crippen molar-refractivity contribution in [1.82, 2.24) is 10.2 Å². The van der Waals surface area contributed by atoms with Crippen LogP contribution in [0.5, 0.6) is 0 Å². The number of benzene rings is 1. The molecule has 0 aliphatic carbocycles. The van der Waals surface area contributed by atoms with Crippen molar-refractivity contribution in [2.24, 2.45) is 0 Å². The number of carbonyl (C=O) groups is 1. The number of carbonyl (C=O) groups excluding carboxylic acids is 1. The molecule has 0 aliphatic heterocycles. The van der Waals surface area contributed by atoms with Crippen LogP contribution in [0.4, 0.5) is 5.69 Å². The van der Waals surface area contributed by atoms with E-state index in [0.29, 0.717) is 5.11 Å². The molecular weight excluding hydrogens is 234 g/mol. The highest BCUT2D eigenvalue weighted by atomic mass is 32.1. The first-order valence-corrected chi connectivity index (χ1v) is 5.71. The lowest BCUT2D eigenvalue weighted by Gasteiger charge is -2.13. The van der Waals surface area contributed by atoms with Gasteiger partial charge < -0.3 is 15.5 Å². The van der Waals surface area contributed by atoms with E-state index in [-0.39, 0.29) is 12.5 Å². The fourth-order valence-corrected chi connectivity index (χ4v) is 1.40. The molecule has 0 atom stereocenters. The van der Waals surface area contributed by atoms with E-state index in [2.05, 4.69) is 10.6 Å². The number of hydrogen-bond donors (Lipinski definition) is 2. The highest BCUT2D eigenvalue weighted by Crippen LogP contribution is 2.08. The Bertz CT molecular complexity index is 418. The van der Waals surface area contributed by atoms with Gasteiger partial charge in [0, 0.05) is 19.8 Å². The van der Waals surface area contributed by atoms with E-state index in [1.807, 2.05) is 31.2 Å². The number of nitrogens with one attached hydrogen (secondary N) is 2. The smallest absolute Gasteiger partial charge is 0.241 e. The van der Waals surface area contributed by atoms with Gasteiger partial charge in [-0.25, -0.2) is 0 Å². The second-order valence-corrected chi connectivity index (χ2v) is 4.37. The van der Waals surface area contributed by atoms with Crippen molar-refractivity contribution < 1.29 is 4.79 Å². The van der Waals surface area contributed by atoms with E-state index in [9.17, 15) is 4.79 Å². The Morgan fingerprint density at radius 2 is 2.12 bits per heavy atom. The maximum atomic E-state index is 11.3. The van der Waals surface area contributed by atoms with Crippen LogP contribution in [0.1, 0.15) is 5.56 Å². The Morgan fingerprint density at radius 3 is 2.71 bits per heavy atom. The van der Waals surface area contributed by atoms with Crippen molar-refractivity contribution in [3.63, 3.8) is 0 Å². The summed E-state index contributed by atoms with van der Waals surface area (Å²) in [5.41, 5.74) is 2.07. The zero-order chi connectivity index (χ0) is 12.8. The van der Waals surface area contributed by atoms with Crippen LogP contribution < -0.4 is 10.6 Å². The Hall–Kier alpha value is -1.62. The molecule has 92 valence electrons. The van der Waals surface area contributed by atoms with E-state index < -0.39 is 0 Å². The van der Waals surface area contributed by atoms with E-state index in [4.69, 9.17) is 12.2 Å². The zero-order valence-corrected chi connectivity index (χ0v) is 11.1. The summed E-state index contributed by atoms with van der Waals surface area (Å²) in [4.78, 5) is 12.8. The Balaban J connectivity index is 2.43. The fraction of sp³-hybridized carbons (Fsp3) is 0.333. The molecule has 17 heavy (non-hydrogen) atoms. The SMILES string of the molecule is Cc1cccc(NC(=S)NCC(=O)N(C)C)c1. The molecule has 2 N–H and O–H groups in total. The lowest BCUT2D eigenvalue weighted by molar-refractivity contribution is -0.127. The van der Waals surface area contributed by atoms with Gasteiger partial charge in [0.15, 0.2) is 5.11 Å². The molecule has 1 aromatic rings. The van der Waals surface area contributed by atoms with E-state index >= 15 is 0 Å². The normalized spacial score (nSPS) is 9.59. The van der Waals surface area contributed by atoms with Gasteiger partial charge in [0.2, 0.25) is 5.91 Å². The van der Waals surface area contributed by atoms with Crippen molar-refractivity contribution in [2.45, 2.75) is 6.92 Å². The summed E-state index contributed by atoms with van der Waals surface area (Å²) in [7, 11) is 3.42. The molecule has 5 heteroatoms. The van der Waals surface area contributed by atoms with Crippen molar-refractivity contribution in [3.8, 4) is 0 Å². The second kappa shape index (κ2) is 6.20. The lowest BCUT2D eigenvalue weighted by atomic mass is 10.2. The van der Waals surface area contributed by atoms with Gasteiger partial charge in [-0.1, -0.05) is 12.1 Å². The molecule has 1 rings (SSSR count). The van der Waals surface area contributed by atoms with E-state index in [0.717, 1.165) is 11.3 Å². The molecule has 0 spiro atoms. The first-order valence-electron chi connectivity index (χ1n) is 5.30. The quantitative estimate of drug-likeness (QED) is 0.796. The molecule has 0 saturated heterocycles. The minimum Gasteiger partial charge on any atom is -0.353 e. The van der Waals surface area contributed by atoms with Crippen LogP contribution in [0.2, 0.25) is 0 Å². The monoisotopic (exact) mass is 251 g/mol. The van der Waals surface area contributed by atoms with Gasteiger partial charge in [0.25, 0.3) is 0 Å². The van der Waals surface area contributed by atoms with Gasteiger partial charge in [-0.05, 0) is 36.8 Å². The molecule has 0 bridgehead atoms. The number of anilines is 1. The minimum atomic E-state index is -0.0154.